The van der Waals surface area contributed by atoms with Crippen molar-refractivity contribution in [2.24, 2.45) is 0 Å². The Bertz CT molecular complexity index is 1420. The van der Waals surface area contributed by atoms with Crippen molar-refractivity contribution in [1.82, 2.24) is 24.7 Å². The highest BCUT2D eigenvalue weighted by molar-refractivity contribution is 5.91. The fourth-order valence-electron chi connectivity index (χ4n) is 3.15. The number of carbonyl (C=O) groups is 1. The smallest absolute Gasteiger partial charge is 0.321 e. The van der Waals surface area contributed by atoms with Crippen molar-refractivity contribution >= 4 is 23.4 Å². The predicted molar refractivity (Wildman–Crippen MR) is 116 cm³/mol. The van der Waals surface area contributed by atoms with E-state index in [-0.39, 0.29) is 28.3 Å². The molecule has 3 aromatic heterocycles. The molecule has 3 heterocycles. The summed E-state index contributed by atoms with van der Waals surface area (Å²) in [7, 11) is 0. The summed E-state index contributed by atoms with van der Waals surface area (Å²) in [6.45, 7) is -2.83. The molecule has 1 amide bonds. The number of anilines is 3. The van der Waals surface area contributed by atoms with Crippen molar-refractivity contribution in [1.29, 1.82) is 0 Å². The molecule has 0 aliphatic rings. The Balaban J connectivity index is 1.45. The first-order valence-corrected chi connectivity index (χ1v) is 10.2. The van der Waals surface area contributed by atoms with Gasteiger partial charge in [-0.3, -0.25) is 4.79 Å². The van der Waals surface area contributed by atoms with Gasteiger partial charge in [-0.2, -0.15) is 27.1 Å². The molecule has 0 saturated heterocycles. The van der Waals surface area contributed by atoms with Gasteiger partial charge < -0.3 is 10.6 Å². The third kappa shape index (κ3) is 6.17. The second-order valence-electron chi connectivity index (χ2n) is 7.48. The van der Waals surface area contributed by atoms with E-state index >= 15 is 0 Å². The van der Waals surface area contributed by atoms with Gasteiger partial charge in [0.25, 0.3) is 0 Å². The summed E-state index contributed by atoms with van der Waals surface area (Å²) < 4.78 is 93.4. The van der Waals surface area contributed by atoms with E-state index in [1.807, 2.05) is 0 Å². The molecule has 1 aromatic carbocycles. The Morgan fingerprint density at radius 1 is 1.00 bits per heavy atom. The Kier molecular flexibility index (Phi) is 7.04. The van der Waals surface area contributed by atoms with Crippen molar-refractivity contribution in [3.05, 3.63) is 78.0 Å². The summed E-state index contributed by atoms with van der Waals surface area (Å²) >= 11 is 0. The number of pyridine rings is 1. The Morgan fingerprint density at radius 3 is 2.38 bits per heavy atom. The molecule has 0 radical (unpaired) electrons. The molecule has 2 N–H and O–H groups in total. The molecule has 0 saturated carbocycles. The normalized spacial score (nSPS) is 11.6. The zero-order valence-corrected chi connectivity index (χ0v) is 18.3. The lowest BCUT2D eigenvalue weighted by atomic mass is 10.0. The topological polar surface area (TPSA) is 97.6 Å². The highest BCUT2D eigenvalue weighted by atomic mass is 19.4. The number of benzene rings is 1. The average Bonchev–Trinajstić information content (AvgIpc) is 3.30. The van der Waals surface area contributed by atoms with Gasteiger partial charge in [0.15, 0.2) is 0 Å². The van der Waals surface area contributed by atoms with E-state index in [9.17, 15) is 35.5 Å². The second kappa shape index (κ2) is 10.2. The zero-order chi connectivity index (χ0) is 26.7. The van der Waals surface area contributed by atoms with Crippen LogP contribution >= 0.6 is 0 Å². The maximum absolute atomic E-state index is 14.7. The van der Waals surface area contributed by atoms with E-state index in [0.717, 1.165) is 49.2 Å². The molecule has 0 bridgehead atoms. The first-order chi connectivity index (χ1) is 17.5. The van der Waals surface area contributed by atoms with Crippen LogP contribution < -0.4 is 10.6 Å². The van der Waals surface area contributed by atoms with E-state index in [0.29, 0.717) is 10.7 Å². The van der Waals surface area contributed by atoms with Crippen LogP contribution in [-0.4, -0.2) is 30.6 Å². The molecule has 0 atom stereocenters. The largest absolute Gasteiger partial charge is 0.416 e. The molecule has 0 unspecified atom stereocenters. The number of halogens is 7. The number of hydrogen-bond acceptors (Lipinski definition) is 6. The summed E-state index contributed by atoms with van der Waals surface area (Å²) in [5.41, 5.74) is -1.35. The minimum Gasteiger partial charge on any atom is -0.321 e. The van der Waals surface area contributed by atoms with Gasteiger partial charge in [0, 0.05) is 35.3 Å². The number of carbonyl (C=O) groups excluding carboxylic acids is 1. The number of amides is 1. The van der Waals surface area contributed by atoms with Crippen LogP contribution in [0.2, 0.25) is 0 Å². The van der Waals surface area contributed by atoms with Gasteiger partial charge in [0.2, 0.25) is 11.9 Å². The van der Waals surface area contributed by atoms with Crippen LogP contribution in [0.5, 0.6) is 0 Å². The van der Waals surface area contributed by atoms with Gasteiger partial charge in [-0.25, -0.2) is 28.4 Å². The molecule has 37 heavy (non-hydrogen) atoms. The molecular weight excluding hydrogens is 511 g/mol. The molecule has 0 spiro atoms. The molecule has 192 valence electrons. The van der Waals surface area contributed by atoms with Crippen LogP contribution in [0.25, 0.3) is 11.1 Å². The van der Waals surface area contributed by atoms with Crippen LogP contribution in [-0.2, 0) is 17.4 Å². The van der Waals surface area contributed by atoms with Crippen molar-refractivity contribution < 1.29 is 35.5 Å². The van der Waals surface area contributed by atoms with E-state index in [1.165, 1.54) is 0 Å². The lowest BCUT2D eigenvalue weighted by Gasteiger charge is -2.10. The van der Waals surface area contributed by atoms with Crippen LogP contribution in [0.15, 0.2) is 55.2 Å². The van der Waals surface area contributed by atoms with Gasteiger partial charge in [-0.05, 0) is 24.3 Å². The first-order valence-electron chi connectivity index (χ1n) is 10.2. The SMILES string of the molecule is O=C(Cc1cc(F)c(-c2cnc(Nc3cnn(C(F)F)c3)nc2)cc1F)Nc1cc(C(F)(F)F)ccn1. The Morgan fingerprint density at radius 2 is 1.73 bits per heavy atom. The van der Waals surface area contributed by atoms with Crippen LogP contribution in [0.4, 0.5) is 48.2 Å². The molecule has 15 heteroatoms. The molecule has 4 rings (SSSR count). The van der Waals surface area contributed by atoms with Gasteiger partial charge >= 0.3 is 12.7 Å². The van der Waals surface area contributed by atoms with Crippen molar-refractivity contribution in [3.63, 3.8) is 0 Å². The van der Waals surface area contributed by atoms with Crippen LogP contribution in [0, 0.1) is 11.6 Å². The van der Waals surface area contributed by atoms with E-state index in [1.54, 1.807) is 0 Å². The Hall–Kier alpha value is -4.56. The number of rotatable bonds is 7. The van der Waals surface area contributed by atoms with Crippen LogP contribution in [0.1, 0.15) is 17.7 Å². The zero-order valence-electron chi connectivity index (χ0n) is 18.3. The molecule has 8 nitrogen and oxygen atoms in total. The number of nitrogens with zero attached hydrogens (tertiary/aromatic N) is 5. The summed E-state index contributed by atoms with van der Waals surface area (Å²) in [5.74, 6) is -3.19. The van der Waals surface area contributed by atoms with Gasteiger partial charge in [0.1, 0.15) is 17.5 Å². The molecule has 0 aliphatic heterocycles. The number of hydrogen-bond donors (Lipinski definition) is 2. The first kappa shape index (κ1) is 25.5. The maximum Gasteiger partial charge on any atom is 0.416 e. The summed E-state index contributed by atoms with van der Waals surface area (Å²) in [6.07, 6.45) is 0.000578. The lowest BCUT2D eigenvalue weighted by molar-refractivity contribution is -0.137. The highest BCUT2D eigenvalue weighted by Crippen LogP contribution is 2.30. The number of nitrogens with one attached hydrogen (secondary N) is 2. The molecular formula is C22H14F7N7O. The summed E-state index contributed by atoms with van der Waals surface area (Å²) in [5, 5.41) is 8.19. The standard InChI is InChI=1S/C22H14F7N7O/c23-16-6-15(12-7-31-21(32-8-12)34-14-9-33-36(10-14)20(25)26)17(24)3-11(16)4-19(37)35-18-5-13(1-2-30-18)22(27,28)29/h1-3,5-10,20H,4H2,(H,30,35,37)(H,31,32,34). The quantitative estimate of drug-likeness (QED) is 0.316. The van der Waals surface area contributed by atoms with E-state index in [4.69, 9.17) is 0 Å². The fraction of sp³-hybridized carbons (Fsp3) is 0.136. The third-order valence-electron chi connectivity index (χ3n) is 4.86. The minimum absolute atomic E-state index is 0.0186. The number of alkyl halides is 5. The van der Waals surface area contributed by atoms with Crippen molar-refractivity contribution in [2.75, 3.05) is 10.6 Å². The number of aromatic nitrogens is 5. The second-order valence-corrected chi connectivity index (χ2v) is 7.48. The molecule has 0 aliphatic carbocycles. The predicted octanol–water partition coefficient (Wildman–Crippen LogP) is 5.35. The van der Waals surface area contributed by atoms with Crippen molar-refractivity contribution in [3.8, 4) is 11.1 Å². The molecule has 4 aromatic rings. The Labute approximate surface area is 203 Å². The van der Waals surface area contributed by atoms with Crippen molar-refractivity contribution in [2.45, 2.75) is 19.1 Å². The fourth-order valence-corrected chi connectivity index (χ4v) is 3.15. The summed E-state index contributed by atoms with van der Waals surface area (Å²) in [4.78, 5) is 23.7. The van der Waals surface area contributed by atoms with Crippen LogP contribution in [0.3, 0.4) is 0 Å². The van der Waals surface area contributed by atoms with E-state index in [2.05, 4.69) is 30.7 Å². The maximum atomic E-state index is 14.7. The van der Waals surface area contributed by atoms with E-state index < -0.39 is 48.1 Å². The third-order valence-corrected chi connectivity index (χ3v) is 4.86. The van der Waals surface area contributed by atoms with Gasteiger partial charge in [-0.15, -0.1) is 0 Å². The van der Waals surface area contributed by atoms with Gasteiger partial charge in [0.05, 0.1) is 30.1 Å². The average molecular weight is 525 g/mol. The monoisotopic (exact) mass is 525 g/mol. The minimum atomic E-state index is -4.65. The highest BCUT2D eigenvalue weighted by Gasteiger charge is 2.31. The molecule has 0 fully saturated rings. The lowest BCUT2D eigenvalue weighted by Crippen LogP contribution is -2.17. The van der Waals surface area contributed by atoms with Gasteiger partial charge in [-0.1, -0.05) is 0 Å². The summed E-state index contributed by atoms with van der Waals surface area (Å²) in [6, 6.07) is 2.92.